The minimum absolute atomic E-state index is 0.394. The number of nitrogens with zero attached hydrogens (tertiary/aromatic N) is 2. The third-order valence-electron chi connectivity index (χ3n) is 9.97. The minimum atomic E-state index is -0.394. The van der Waals surface area contributed by atoms with Crippen molar-refractivity contribution in [1.82, 2.24) is 9.97 Å². The third kappa shape index (κ3) is 3.23. The fraction of sp³-hybridized carbons (Fsp3) is 0.0233. The lowest BCUT2D eigenvalue weighted by Crippen LogP contribution is -2.26. The highest BCUT2D eigenvalue weighted by Crippen LogP contribution is 2.65. The van der Waals surface area contributed by atoms with Gasteiger partial charge in [0.15, 0.2) is 0 Å². The Bertz CT molecular complexity index is 2430. The number of aromatic nitrogens is 2. The Morgan fingerprint density at radius 3 is 1.91 bits per heavy atom. The number of benzene rings is 6. The van der Waals surface area contributed by atoms with E-state index in [1.165, 1.54) is 66.1 Å². The van der Waals surface area contributed by atoms with Gasteiger partial charge in [-0.3, -0.25) is 9.97 Å². The molecule has 0 N–H and O–H groups in total. The molecule has 0 aliphatic heterocycles. The molecule has 0 saturated heterocycles. The first kappa shape index (κ1) is 24.6. The van der Waals surface area contributed by atoms with E-state index >= 15 is 0 Å². The molecule has 2 aromatic heterocycles. The highest BCUT2D eigenvalue weighted by Gasteiger charge is 2.52. The smallest absolute Gasteiger partial charge is 0.0886 e. The van der Waals surface area contributed by atoms with Crippen LogP contribution in [-0.4, -0.2) is 9.97 Å². The van der Waals surface area contributed by atoms with Crippen molar-refractivity contribution in [3.8, 4) is 44.8 Å². The molecule has 1 spiro atoms. The van der Waals surface area contributed by atoms with E-state index in [1.807, 2.05) is 30.6 Å². The number of hydrogen-bond donors (Lipinski definition) is 0. The topological polar surface area (TPSA) is 25.8 Å². The molecule has 0 radical (unpaired) electrons. The number of hydrogen-bond acceptors (Lipinski definition) is 2. The second-order valence-electron chi connectivity index (χ2n) is 12.1. The largest absolute Gasteiger partial charge is 0.255 e. The summed E-state index contributed by atoms with van der Waals surface area (Å²) in [6.45, 7) is 0. The normalized spacial score (nSPS) is 13.5. The zero-order valence-electron chi connectivity index (χ0n) is 24.4. The molecule has 0 fully saturated rings. The van der Waals surface area contributed by atoms with Crippen molar-refractivity contribution in [2.24, 2.45) is 0 Å². The zero-order chi connectivity index (χ0) is 29.5. The molecule has 10 rings (SSSR count). The molecule has 45 heavy (non-hydrogen) atoms. The highest BCUT2D eigenvalue weighted by atomic mass is 14.8. The molecule has 2 nitrogen and oxygen atoms in total. The van der Waals surface area contributed by atoms with Gasteiger partial charge in [0.25, 0.3) is 0 Å². The van der Waals surface area contributed by atoms with Crippen molar-refractivity contribution in [2.75, 3.05) is 0 Å². The summed E-state index contributed by atoms with van der Waals surface area (Å²) in [6.07, 6.45) is 3.77. The molecular weight excluding hydrogens is 544 g/mol. The van der Waals surface area contributed by atoms with Gasteiger partial charge in [-0.1, -0.05) is 121 Å². The first-order chi connectivity index (χ1) is 22.3. The molecule has 2 aliphatic carbocycles. The molecule has 0 bridgehead atoms. The number of rotatable bonds is 2. The highest BCUT2D eigenvalue weighted by molar-refractivity contribution is 6.11. The van der Waals surface area contributed by atoms with E-state index < -0.39 is 5.41 Å². The predicted molar refractivity (Wildman–Crippen MR) is 184 cm³/mol. The quantitative estimate of drug-likeness (QED) is 0.207. The Morgan fingerprint density at radius 2 is 1.13 bits per heavy atom. The van der Waals surface area contributed by atoms with Crippen LogP contribution in [0.3, 0.4) is 0 Å². The van der Waals surface area contributed by atoms with E-state index in [0.717, 1.165) is 22.5 Å². The summed E-state index contributed by atoms with van der Waals surface area (Å²) < 4.78 is 0. The van der Waals surface area contributed by atoms with Gasteiger partial charge in [-0.2, -0.15) is 0 Å². The minimum Gasteiger partial charge on any atom is -0.255 e. The maximum atomic E-state index is 4.76. The van der Waals surface area contributed by atoms with E-state index in [-0.39, 0.29) is 0 Å². The first-order valence-corrected chi connectivity index (χ1v) is 15.5. The van der Waals surface area contributed by atoms with Crippen LogP contribution in [0.5, 0.6) is 0 Å². The van der Waals surface area contributed by atoms with Gasteiger partial charge in [0, 0.05) is 18.0 Å². The second-order valence-corrected chi connectivity index (χ2v) is 12.1. The Balaban J connectivity index is 1.25. The summed E-state index contributed by atoms with van der Waals surface area (Å²) in [5.41, 5.74) is 14.5. The molecule has 0 unspecified atom stereocenters. The molecule has 0 saturated carbocycles. The van der Waals surface area contributed by atoms with Crippen molar-refractivity contribution >= 4 is 21.5 Å². The van der Waals surface area contributed by atoms with Gasteiger partial charge in [-0.15, -0.1) is 0 Å². The molecular formula is C43H26N2. The monoisotopic (exact) mass is 570 g/mol. The van der Waals surface area contributed by atoms with Gasteiger partial charge >= 0.3 is 0 Å². The third-order valence-corrected chi connectivity index (χ3v) is 9.97. The van der Waals surface area contributed by atoms with E-state index in [1.54, 1.807) is 0 Å². The number of fused-ring (bicyclic) bond motifs is 14. The van der Waals surface area contributed by atoms with E-state index in [9.17, 15) is 0 Å². The molecule has 2 aliphatic rings. The molecule has 8 aromatic rings. The van der Waals surface area contributed by atoms with Crippen LogP contribution >= 0.6 is 0 Å². The molecule has 0 atom stereocenters. The molecule has 0 amide bonds. The average Bonchev–Trinajstić information content (AvgIpc) is 3.59. The van der Waals surface area contributed by atoms with Crippen LogP contribution in [0.4, 0.5) is 0 Å². The van der Waals surface area contributed by atoms with Crippen LogP contribution in [0.2, 0.25) is 0 Å². The predicted octanol–water partition coefficient (Wildman–Crippen LogP) is 10.5. The van der Waals surface area contributed by atoms with Crippen LogP contribution < -0.4 is 0 Å². The Kier molecular flexibility index (Phi) is 4.95. The van der Waals surface area contributed by atoms with Crippen molar-refractivity contribution < 1.29 is 0 Å². The molecule has 208 valence electrons. The fourth-order valence-electron chi connectivity index (χ4n) is 8.16. The Hall–Kier alpha value is -5.86. The number of pyridine rings is 2. The summed E-state index contributed by atoms with van der Waals surface area (Å²) in [6, 6.07) is 53.3. The standard InChI is InChI=1S/C43H26N2/c1-2-10-31-27(9-1)18-22-38-41(31)35-21-17-29-25-28(30-19-23-40(45-26-30)39-15-7-8-24-44-39)16-20-32(29)42(35)43(38)36-13-5-3-11-33(36)34-12-4-6-14-37(34)43/h1-26H. The summed E-state index contributed by atoms with van der Waals surface area (Å²) in [7, 11) is 0. The van der Waals surface area contributed by atoms with Gasteiger partial charge in [-0.05, 0) is 95.9 Å². The average molecular weight is 571 g/mol. The van der Waals surface area contributed by atoms with Crippen molar-refractivity contribution in [1.29, 1.82) is 0 Å². The van der Waals surface area contributed by atoms with Gasteiger partial charge in [0.1, 0.15) is 0 Å². The van der Waals surface area contributed by atoms with Crippen molar-refractivity contribution in [2.45, 2.75) is 5.41 Å². The summed E-state index contributed by atoms with van der Waals surface area (Å²) in [5.74, 6) is 0. The van der Waals surface area contributed by atoms with Crippen LogP contribution in [0, 0.1) is 0 Å². The van der Waals surface area contributed by atoms with Crippen LogP contribution in [0.15, 0.2) is 158 Å². The second kappa shape index (κ2) is 9.07. The summed E-state index contributed by atoms with van der Waals surface area (Å²) >= 11 is 0. The molecule has 2 heteroatoms. The first-order valence-electron chi connectivity index (χ1n) is 15.5. The van der Waals surface area contributed by atoms with Crippen LogP contribution in [-0.2, 0) is 5.41 Å². The Morgan fingerprint density at radius 1 is 0.422 bits per heavy atom. The summed E-state index contributed by atoms with van der Waals surface area (Å²) in [4.78, 5) is 9.23. The molecule has 6 aromatic carbocycles. The maximum absolute atomic E-state index is 4.76. The van der Waals surface area contributed by atoms with Gasteiger partial charge in [0.05, 0.1) is 16.8 Å². The van der Waals surface area contributed by atoms with E-state index in [4.69, 9.17) is 4.98 Å². The Labute approximate surface area is 261 Å². The SMILES string of the molecule is c1ccc(-c2ccc(-c3ccc4c5c(ccc4c3)-c3c(ccc4ccccc34)C53c4ccccc4-c4ccccc43)cn2)nc1. The van der Waals surface area contributed by atoms with E-state index in [0.29, 0.717) is 0 Å². The van der Waals surface area contributed by atoms with Gasteiger partial charge in [0.2, 0.25) is 0 Å². The van der Waals surface area contributed by atoms with Crippen molar-refractivity contribution in [3.63, 3.8) is 0 Å². The molecule has 2 heterocycles. The summed E-state index contributed by atoms with van der Waals surface area (Å²) in [5, 5.41) is 5.11. The lowest BCUT2D eigenvalue weighted by Gasteiger charge is -2.31. The van der Waals surface area contributed by atoms with Crippen molar-refractivity contribution in [3.05, 3.63) is 180 Å². The lowest BCUT2D eigenvalue weighted by atomic mass is 9.69. The zero-order valence-corrected chi connectivity index (χ0v) is 24.4. The van der Waals surface area contributed by atoms with Gasteiger partial charge in [-0.25, -0.2) is 0 Å². The van der Waals surface area contributed by atoms with Gasteiger partial charge < -0.3 is 0 Å². The lowest BCUT2D eigenvalue weighted by molar-refractivity contribution is 0.802. The van der Waals surface area contributed by atoms with E-state index in [2.05, 4.69) is 132 Å². The fourth-order valence-corrected chi connectivity index (χ4v) is 8.16. The van der Waals surface area contributed by atoms with Crippen LogP contribution in [0.25, 0.3) is 66.3 Å². The maximum Gasteiger partial charge on any atom is 0.0886 e. The van der Waals surface area contributed by atoms with Crippen LogP contribution in [0.1, 0.15) is 22.3 Å².